The highest BCUT2D eigenvalue weighted by atomic mass is 35.5. The van der Waals surface area contributed by atoms with Crippen LogP contribution in [0.3, 0.4) is 0 Å². The fraction of sp³-hybridized carbons (Fsp3) is 0.625. The summed E-state index contributed by atoms with van der Waals surface area (Å²) in [5, 5.41) is -0.0472. The molecule has 6 heteroatoms. The van der Waals surface area contributed by atoms with Crippen LogP contribution in [0, 0.1) is 5.82 Å². The van der Waals surface area contributed by atoms with E-state index in [0.717, 1.165) is 0 Å². The van der Waals surface area contributed by atoms with E-state index < -0.39 is 14.1 Å². The van der Waals surface area contributed by atoms with Crippen molar-refractivity contribution in [2.24, 2.45) is 0 Å². The summed E-state index contributed by atoms with van der Waals surface area (Å²) in [6.07, 6.45) is 0. The molecule has 0 saturated heterocycles. The molecule has 0 atom stereocenters. The van der Waals surface area contributed by atoms with E-state index in [1.165, 1.54) is 13.2 Å². The highest BCUT2D eigenvalue weighted by Crippen LogP contribution is 2.47. The second-order valence-corrected chi connectivity index (χ2v) is 12.6. The highest BCUT2D eigenvalue weighted by molar-refractivity contribution is 6.78. The number of methoxy groups -OCH3 is 1. The first kappa shape index (κ1) is 19.6. The summed E-state index contributed by atoms with van der Waals surface area (Å²) in [6.45, 7) is 13.0. The van der Waals surface area contributed by atoms with Gasteiger partial charge < -0.3 is 9.16 Å². The Morgan fingerprint density at radius 1 is 0.909 bits per heavy atom. The third-order valence-electron chi connectivity index (χ3n) is 4.29. The summed E-state index contributed by atoms with van der Waals surface area (Å²) >= 11 is 12.2. The molecule has 0 aliphatic rings. The molecule has 0 aromatic heterocycles. The van der Waals surface area contributed by atoms with Gasteiger partial charge >= 0.3 is 0 Å². The van der Waals surface area contributed by atoms with E-state index in [0.29, 0.717) is 22.4 Å². The average molecular weight is 367 g/mol. The Morgan fingerprint density at radius 3 is 1.73 bits per heavy atom. The van der Waals surface area contributed by atoms with Crippen molar-refractivity contribution < 1.29 is 13.6 Å². The minimum absolute atomic E-state index is 0.0450. The van der Waals surface area contributed by atoms with Crippen LogP contribution in [-0.2, 0) is 0 Å². The number of rotatable bonds is 6. The lowest BCUT2D eigenvalue weighted by molar-refractivity contribution is 0.382. The third-order valence-corrected chi connectivity index (χ3v) is 11.1. The van der Waals surface area contributed by atoms with Crippen molar-refractivity contribution in [3.05, 3.63) is 21.9 Å². The third kappa shape index (κ3) is 3.39. The first-order valence-electron chi connectivity index (χ1n) is 7.50. The fourth-order valence-corrected chi connectivity index (χ4v) is 9.00. The Balaban J connectivity index is 3.45. The van der Waals surface area contributed by atoms with Crippen LogP contribution in [-0.4, -0.2) is 15.4 Å². The molecule has 0 bridgehead atoms. The molecule has 0 amide bonds. The van der Waals surface area contributed by atoms with Crippen molar-refractivity contribution in [2.45, 2.75) is 58.2 Å². The molecule has 0 spiro atoms. The second kappa shape index (κ2) is 7.41. The number of benzene rings is 1. The van der Waals surface area contributed by atoms with Crippen LogP contribution in [0.5, 0.6) is 11.5 Å². The SMILES string of the molecule is COc1cc(O[Si](C(C)C)(C(C)C)C(C)C)c(Cl)c(Cl)c1F. The highest BCUT2D eigenvalue weighted by Gasteiger charge is 2.47. The van der Waals surface area contributed by atoms with Crippen LogP contribution in [0.2, 0.25) is 26.7 Å². The van der Waals surface area contributed by atoms with Gasteiger partial charge in [-0.15, -0.1) is 0 Å². The first-order chi connectivity index (χ1) is 10.1. The summed E-state index contributed by atoms with van der Waals surface area (Å²) in [6, 6.07) is 1.50. The molecule has 0 aliphatic carbocycles. The van der Waals surface area contributed by atoms with Gasteiger partial charge in [-0.2, -0.15) is 0 Å². The maximum atomic E-state index is 14.0. The topological polar surface area (TPSA) is 18.5 Å². The standard InChI is InChI=1S/C16H25Cl2FO2Si/c1-9(2)22(10(3)4,11(5)6)21-12-8-13(20-7)16(19)15(18)14(12)17/h8-11H,1-7H3. The zero-order valence-corrected chi connectivity index (χ0v) is 16.8. The van der Waals surface area contributed by atoms with Crippen LogP contribution in [0.25, 0.3) is 0 Å². The average Bonchev–Trinajstić information content (AvgIpc) is 2.43. The van der Waals surface area contributed by atoms with Gasteiger partial charge in [0, 0.05) is 6.07 Å². The van der Waals surface area contributed by atoms with E-state index in [9.17, 15) is 4.39 Å². The van der Waals surface area contributed by atoms with Gasteiger partial charge in [0.25, 0.3) is 8.32 Å². The van der Waals surface area contributed by atoms with Gasteiger partial charge in [-0.25, -0.2) is 4.39 Å². The summed E-state index contributed by atoms with van der Waals surface area (Å²) < 4.78 is 25.5. The predicted molar refractivity (Wildman–Crippen MR) is 94.6 cm³/mol. The van der Waals surface area contributed by atoms with E-state index in [1.807, 2.05) is 0 Å². The lowest BCUT2D eigenvalue weighted by atomic mass is 10.3. The smallest absolute Gasteiger partial charge is 0.258 e. The molecule has 1 rings (SSSR count). The van der Waals surface area contributed by atoms with Crippen molar-refractivity contribution in [1.82, 2.24) is 0 Å². The lowest BCUT2D eigenvalue weighted by Crippen LogP contribution is -2.50. The molecular weight excluding hydrogens is 342 g/mol. The van der Waals surface area contributed by atoms with E-state index in [2.05, 4.69) is 41.5 Å². The van der Waals surface area contributed by atoms with E-state index in [1.54, 1.807) is 0 Å². The van der Waals surface area contributed by atoms with E-state index >= 15 is 0 Å². The van der Waals surface area contributed by atoms with Crippen molar-refractivity contribution in [3.63, 3.8) is 0 Å². The zero-order valence-electron chi connectivity index (χ0n) is 14.3. The van der Waals surface area contributed by atoms with Gasteiger partial charge in [0.2, 0.25) is 0 Å². The van der Waals surface area contributed by atoms with Crippen molar-refractivity contribution >= 4 is 31.5 Å². The van der Waals surface area contributed by atoms with Crippen LogP contribution in [0.15, 0.2) is 6.07 Å². The van der Waals surface area contributed by atoms with E-state index in [-0.39, 0.29) is 15.8 Å². The second-order valence-electron chi connectivity index (χ2n) is 6.44. The maximum Gasteiger partial charge on any atom is 0.258 e. The van der Waals surface area contributed by atoms with Gasteiger partial charge in [-0.05, 0) is 16.6 Å². The van der Waals surface area contributed by atoms with Crippen LogP contribution < -0.4 is 9.16 Å². The Bertz CT molecular complexity index is 512. The summed E-state index contributed by atoms with van der Waals surface area (Å²) in [4.78, 5) is 0. The number of hydrogen-bond acceptors (Lipinski definition) is 2. The van der Waals surface area contributed by atoms with Crippen molar-refractivity contribution in [3.8, 4) is 11.5 Å². The van der Waals surface area contributed by atoms with Gasteiger partial charge in [0.05, 0.1) is 7.11 Å². The number of hydrogen-bond donors (Lipinski definition) is 0. The Labute approximate surface area is 144 Å². The molecule has 0 saturated carbocycles. The summed E-state index contributed by atoms with van der Waals surface area (Å²) in [7, 11) is -0.804. The molecule has 1 aromatic rings. The Morgan fingerprint density at radius 2 is 1.36 bits per heavy atom. The Hall–Kier alpha value is -0.453. The lowest BCUT2D eigenvalue weighted by Gasteiger charge is -2.42. The molecule has 1 aromatic carbocycles. The summed E-state index contributed by atoms with van der Waals surface area (Å²) in [5.41, 5.74) is 1.12. The minimum Gasteiger partial charge on any atom is -0.542 e. The quantitative estimate of drug-likeness (QED) is 0.412. The molecular formula is C16H25Cl2FO2Si. The van der Waals surface area contributed by atoms with Gasteiger partial charge in [0.15, 0.2) is 11.6 Å². The van der Waals surface area contributed by atoms with Gasteiger partial charge in [0.1, 0.15) is 15.8 Å². The van der Waals surface area contributed by atoms with Gasteiger partial charge in [-0.1, -0.05) is 64.7 Å². The van der Waals surface area contributed by atoms with Crippen molar-refractivity contribution in [1.29, 1.82) is 0 Å². The Kier molecular flexibility index (Phi) is 6.60. The monoisotopic (exact) mass is 366 g/mol. The first-order valence-corrected chi connectivity index (χ1v) is 10.4. The maximum absolute atomic E-state index is 14.0. The van der Waals surface area contributed by atoms with Crippen LogP contribution >= 0.6 is 23.2 Å². The number of halogens is 3. The molecule has 0 heterocycles. The molecule has 0 unspecified atom stereocenters. The molecule has 0 fully saturated rings. The van der Waals surface area contributed by atoms with Crippen molar-refractivity contribution in [2.75, 3.05) is 7.11 Å². The largest absolute Gasteiger partial charge is 0.542 e. The van der Waals surface area contributed by atoms with Crippen LogP contribution in [0.1, 0.15) is 41.5 Å². The van der Waals surface area contributed by atoms with Crippen LogP contribution in [0.4, 0.5) is 4.39 Å². The molecule has 0 radical (unpaired) electrons. The number of ether oxygens (including phenoxy) is 1. The summed E-state index contributed by atoms with van der Waals surface area (Å²) in [5.74, 6) is -0.205. The molecule has 0 N–H and O–H groups in total. The van der Waals surface area contributed by atoms with E-state index in [4.69, 9.17) is 32.4 Å². The molecule has 126 valence electrons. The predicted octanol–water partition coefficient (Wildman–Crippen LogP) is 6.70. The molecule has 22 heavy (non-hydrogen) atoms. The zero-order chi connectivity index (χ0) is 17.2. The van der Waals surface area contributed by atoms with Gasteiger partial charge in [-0.3, -0.25) is 0 Å². The normalized spacial score (nSPS) is 12.4. The molecule has 0 aliphatic heterocycles. The molecule has 2 nitrogen and oxygen atoms in total. The minimum atomic E-state index is -2.20. The fourth-order valence-electron chi connectivity index (χ4n) is 3.33.